The topological polar surface area (TPSA) is 0 Å². The Morgan fingerprint density at radius 2 is 1.68 bits per heavy atom. The van der Waals surface area contributed by atoms with E-state index in [4.69, 9.17) is 0 Å². The Balaban J connectivity index is 2.00. The molecule has 0 N–H and O–H groups in total. The molecule has 126 valence electrons. The first kappa shape index (κ1) is 18.3. The Labute approximate surface area is 163 Å². The average Bonchev–Trinajstić information content (AvgIpc) is 2.96. The maximum atomic E-state index is 2.44. The zero-order valence-electron chi connectivity index (χ0n) is 15.9. The van der Waals surface area contributed by atoms with Crippen LogP contribution in [0.1, 0.15) is 49.4 Å². The van der Waals surface area contributed by atoms with Gasteiger partial charge in [0.25, 0.3) is 0 Å². The molecular weight excluding hydrogens is 379 g/mol. The van der Waals surface area contributed by atoms with E-state index in [1.165, 1.54) is 27.8 Å². The van der Waals surface area contributed by atoms with Crippen LogP contribution in [0.3, 0.4) is 0 Å². The van der Waals surface area contributed by atoms with E-state index >= 15 is 0 Å². The van der Waals surface area contributed by atoms with Crippen LogP contribution >= 0.6 is 0 Å². The van der Waals surface area contributed by atoms with Crippen molar-refractivity contribution in [1.82, 2.24) is 0 Å². The summed E-state index contributed by atoms with van der Waals surface area (Å²) in [6, 6.07) is 17.6. The van der Waals surface area contributed by atoms with E-state index < -0.39 is 23.2 Å². The van der Waals surface area contributed by atoms with Crippen LogP contribution in [-0.2, 0) is 23.2 Å². The molecular formula is C24H26Zr. The molecule has 1 atom stereocenters. The second-order valence-electron chi connectivity index (χ2n) is 6.86. The zero-order valence-corrected chi connectivity index (χ0v) is 18.3. The Morgan fingerprint density at radius 3 is 2.36 bits per heavy atom. The molecule has 25 heavy (non-hydrogen) atoms. The predicted octanol–water partition coefficient (Wildman–Crippen LogP) is 7.15. The molecule has 2 aromatic rings. The molecule has 1 heteroatoms. The first-order chi connectivity index (χ1) is 12.0. The van der Waals surface area contributed by atoms with Gasteiger partial charge in [-0.3, -0.25) is 0 Å². The molecule has 0 aliphatic heterocycles. The van der Waals surface area contributed by atoms with Crippen molar-refractivity contribution < 1.29 is 23.2 Å². The molecule has 1 aliphatic carbocycles. The van der Waals surface area contributed by atoms with E-state index in [0.29, 0.717) is 3.63 Å². The summed E-state index contributed by atoms with van der Waals surface area (Å²) in [5.74, 6) is 0. The van der Waals surface area contributed by atoms with Crippen molar-refractivity contribution >= 4 is 6.08 Å². The molecule has 0 bridgehead atoms. The summed E-state index contributed by atoms with van der Waals surface area (Å²) < 4.78 is 2.33. The van der Waals surface area contributed by atoms with Gasteiger partial charge >= 0.3 is 164 Å². The van der Waals surface area contributed by atoms with Crippen molar-refractivity contribution in [2.24, 2.45) is 0 Å². The molecule has 0 radical (unpaired) electrons. The van der Waals surface area contributed by atoms with E-state index in [2.05, 4.69) is 95.3 Å². The number of benzene rings is 2. The van der Waals surface area contributed by atoms with E-state index in [-0.39, 0.29) is 0 Å². The molecule has 2 aromatic carbocycles. The SMILES string of the molecule is CC=C(C)C(C)=[C](C)[Zr][CH]1C(C)=Cc2c(-c3ccccc3)cccc21. The van der Waals surface area contributed by atoms with Crippen LogP contribution in [-0.4, -0.2) is 0 Å². The van der Waals surface area contributed by atoms with E-state index in [9.17, 15) is 0 Å². The third kappa shape index (κ3) is 3.72. The molecule has 1 aliphatic rings. The standard InChI is InChI=1S/C16H13.C8H13.Zr/c1-12-10-14-8-5-9-15(16(14)11-12)13-6-3-2-4-7-13;1-5-7(3)8(4)6-2;/h2-11H,1H3;5H,1-4H3;. The normalized spacial score (nSPS) is 17.7. The first-order valence-corrected chi connectivity index (χ1v) is 11.6. The van der Waals surface area contributed by atoms with Crippen LogP contribution in [0.2, 0.25) is 0 Å². The fourth-order valence-corrected chi connectivity index (χ4v) is 7.30. The Morgan fingerprint density at radius 1 is 0.960 bits per heavy atom. The first-order valence-electron chi connectivity index (χ1n) is 8.96. The third-order valence-electron chi connectivity index (χ3n) is 5.31. The summed E-state index contributed by atoms with van der Waals surface area (Å²) in [5, 5.41) is 0. The summed E-state index contributed by atoms with van der Waals surface area (Å²) in [6.45, 7) is 11.4. The molecule has 0 nitrogen and oxygen atoms in total. The van der Waals surface area contributed by atoms with Crippen molar-refractivity contribution in [3.63, 3.8) is 0 Å². The van der Waals surface area contributed by atoms with Crippen LogP contribution in [0.25, 0.3) is 17.2 Å². The van der Waals surface area contributed by atoms with Gasteiger partial charge in [0.05, 0.1) is 0 Å². The Bertz CT molecular complexity index is 866. The van der Waals surface area contributed by atoms with Gasteiger partial charge < -0.3 is 0 Å². The minimum absolute atomic E-state index is 0.668. The van der Waals surface area contributed by atoms with Crippen molar-refractivity contribution in [3.05, 3.63) is 85.7 Å². The zero-order chi connectivity index (χ0) is 18.0. The summed E-state index contributed by atoms with van der Waals surface area (Å²) >= 11 is -0.698. The number of hydrogen-bond donors (Lipinski definition) is 0. The second-order valence-corrected chi connectivity index (χ2v) is 10.8. The quantitative estimate of drug-likeness (QED) is 0.474. The minimum atomic E-state index is -0.698. The fourth-order valence-electron chi connectivity index (χ4n) is 3.45. The average molecular weight is 406 g/mol. The van der Waals surface area contributed by atoms with Gasteiger partial charge in [-0.2, -0.15) is 0 Å². The van der Waals surface area contributed by atoms with Crippen LogP contribution in [0.15, 0.2) is 74.6 Å². The van der Waals surface area contributed by atoms with Gasteiger partial charge in [0.1, 0.15) is 0 Å². The monoisotopic (exact) mass is 404 g/mol. The molecule has 3 rings (SSSR count). The van der Waals surface area contributed by atoms with Gasteiger partial charge in [0.15, 0.2) is 0 Å². The summed E-state index contributed by atoms with van der Waals surface area (Å²) in [6.07, 6.45) is 4.67. The molecule has 1 unspecified atom stereocenters. The van der Waals surface area contributed by atoms with E-state index in [0.717, 1.165) is 0 Å². The number of allylic oxidation sites excluding steroid dienone is 5. The summed E-state index contributed by atoms with van der Waals surface area (Å²) in [4.78, 5) is 0. The van der Waals surface area contributed by atoms with Crippen molar-refractivity contribution in [3.8, 4) is 11.1 Å². The second kappa shape index (κ2) is 7.83. The Kier molecular flexibility index (Phi) is 5.75. The van der Waals surface area contributed by atoms with E-state index in [1.807, 2.05) is 0 Å². The van der Waals surface area contributed by atoms with Gasteiger partial charge in [0.2, 0.25) is 0 Å². The van der Waals surface area contributed by atoms with Gasteiger partial charge in [-0.15, -0.1) is 0 Å². The summed E-state index contributed by atoms with van der Waals surface area (Å²) in [7, 11) is 0. The van der Waals surface area contributed by atoms with Crippen LogP contribution < -0.4 is 0 Å². The fraction of sp³-hybridized carbons (Fsp3) is 0.250. The Hall–Kier alpha value is -1.46. The van der Waals surface area contributed by atoms with Crippen molar-refractivity contribution in [2.45, 2.75) is 38.2 Å². The van der Waals surface area contributed by atoms with E-state index in [1.54, 1.807) is 14.4 Å². The predicted molar refractivity (Wildman–Crippen MR) is 106 cm³/mol. The molecule has 0 aromatic heterocycles. The molecule has 0 amide bonds. The van der Waals surface area contributed by atoms with Crippen LogP contribution in [0.5, 0.6) is 0 Å². The van der Waals surface area contributed by atoms with Gasteiger partial charge in [0, 0.05) is 0 Å². The molecule has 0 saturated carbocycles. The van der Waals surface area contributed by atoms with Crippen molar-refractivity contribution in [1.29, 1.82) is 0 Å². The van der Waals surface area contributed by atoms with Crippen LogP contribution in [0, 0.1) is 0 Å². The molecule has 0 fully saturated rings. The molecule has 0 heterocycles. The van der Waals surface area contributed by atoms with Gasteiger partial charge in [-0.05, 0) is 0 Å². The van der Waals surface area contributed by atoms with Gasteiger partial charge in [-0.1, -0.05) is 0 Å². The number of rotatable bonds is 4. The maximum absolute atomic E-state index is 2.44. The molecule has 0 spiro atoms. The molecule has 0 saturated heterocycles. The third-order valence-corrected chi connectivity index (χ3v) is 9.89. The number of hydrogen-bond acceptors (Lipinski definition) is 0. The number of fused-ring (bicyclic) bond motifs is 1. The van der Waals surface area contributed by atoms with Crippen molar-refractivity contribution in [2.75, 3.05) is 0 Å². The summed E-state index contributed by atoms with van der Waals surface area (Å²) in [5.41, 5.74) is 10.2. The van der Waals surface area contributed by atoms with Gasteiger partial charge in [-0.25, -0.2) is 0 Å². The van der Waals surface area contributed by atoms with Crippen LogP contribution in [0.4, 0.5) is 0 Å².